The SMILES string of the molecule is CC(C)CCn1cc(-c2ccc(-c3nnc([C@@](C)(N)COP(=O)(O)O)s3)cc2C(F)(F)F)cn1. The highest BCUT2D eigenvalue weighted by atomic mass is 32.1. The zero-order valence-electron chi connectivity index (χ0n) is 18.7. The van der Waals surface area contributed by atoms with E-state index in [2.05, 4.69) is 33.7 Å². The molecular formula is C20H25F3N5O4PS. The number of nitrogens with zero attached hydrogens (tertiary/aromatic N) is 4. The summed E-state index contributed by atoms with van der Waals surface area (Å²) in [4.78, 5) is 17.8. The number of benzene rings is 1. The number of hydrogen-bond acceptors (Lipinski definition) is 7. The van der Waals surface area contributed by atoms with Gasteiger partial charge in [0.05, 0.1) is 23.9 Å². The second kappa shape index (κ2) is 9.84. The zero-order valence-corrected chi connectivity index (χ0v) is 20.4. The van der Waals surface area contributed by atoms with Crippen LogP contribution in [0.1, 0.15) is 37.8 Å². The largest absolute Gasteiger partial charge is 0.469 e. The van der Waals surface area contributed by atoms with Crippen LogP contribution < -0.4 is 5.73 Å². The fraction of sp³-hybridized carbons (Fsp3) is 0.450. The highest BCUT2D eigenvalue weighted by Gasteiger charge is 2.35. The lowest BCUT2D eigenvalue weighted by molar-refractivity contribution is -0.137. The number of aryl methyl sites for hydroxylation is 1. The van der Waals surface area contributed by atoms with E-state index >= 15 is 0 Å². The summed E-state index contributed by atoms with van der Waals surface area (Å²) < 4.78 is 58.8. The summed E-state index contributed by atoms with van der Waals surface area (Å²) >= 11 is 0.914. The van der Waals surface area contributed by atoms with Crippen LogP contribution in [0.2, 0.25) is 0 Å². The maximum atomic E-state index is 13.9. The molecule has 1 aromatic carbocycles. The summed E-state index contributed by atoms with van der Waals surface area (Å²) in [7, 11) is -4.76. The third-order valence-electron chi connectivity index (χ3n) is 4.90. The quantitative estimate of drug-likeness (QED) is 0.354. The molecule has 0 fully saturated rings. The van der Waals surface area contributed by atoms with E-state index in [1.54, 1.807) is 10.9 Å². The number of rotatable bonds is 9. The molecule has 9 nitrogen and oxygen atoms in total. The smallest absolute Gasteiger partial charge is 0.318 e. The molecule has 0 amide bonds. The first-order valence-corrected chi connectivity index (χ1v) is 12.6. The summed E-state index contributed by atoms with van der Waals surface area (Å²) in [6.45, 7) is 5.59. The van der Waals surface area contributed by atoms with Gasteiger partial charge in [0.1, 0.15) is 10.0 Å². The minimum Gasteiger partial charge on any atom is -0.318 e. The van der Waals surface area contributed by atoms with E-state index in [0.29, 0.717) is 18.0 Å². The third-order valence-corrected chi connectivity index (χ3v) is 6.62. The van der Waals surface area contributed by atoms with Gasteiger partial charge in [0.15, 0.2) is 0 Å². The topological polar surface area (TPSA) is 136 Å². The number of hydrogen-bond donors (Lipinski definition) is 3. The minimum atomic E-state index is -4.76. The maximum Gasteiger partial charge on any atom is 0.469 e. The molecule has 3 rings (SSSR count). The Balaban J connectivity index is 1.91. The molecule has 14 heteroatoms. The van der Waals surface area contributed by atoms with Crippen LogP contribution in [-0.2, 0) is 27.3 Å². The van der Waals surface area contributed by atoms with Crippen molar-refractivity contribution in [2.45, 2.75) is 45.5 Å². The lowest BCUT2D eigenvalue weighted by Crippen LogP contribution is -2.37. The van der Waals surface area contributed by atoms with Crippen LogP contribution in [-0.4, -0.2) is 36.4 Å². The standard InChI is InChI=1S/C20H25F3N5O4PS/c1-12(2)6-7-28-10-14(9-25-28)15-5-4-13(8-16(15)20(21,22)23)17-26-27-18(34-17)19(3,24)11-32-33(29,30)31/h4-5,8-10,12H,6-7,11,24H2,1-3H3,(H2,29,30,31)/t19-/m0/s1. The van der Waals surface area contributed by atoms with Crippen LogP contribution >= 0.6 is 19.2 Å². The second-order valence-corrected chi connectivity index (χ2v) is 10.7. The lowest BCUT2D eigenvalue weighted by atomic mass is 9.99. The van der Waals surface area contributed by atoms with Crippen LogP contribution in [0.3, 0.4) is 0 Å². The van der Waals surface area contributed by atoms with Crippen LogP contribution in [0.4, 0.5) is 13.2 Å². The van der Waals surface area contributed by atoms with Gasteiger partial charge < -0.3 is 15.5 Å². The Bertz CT molecular complexity index is 1190. The lowest BCUT2D eigenvalue weighted by Gasteiger charge is -2.21. The zero-order chi connectivity index (χ0) is 25.3. The first-order chi connectivity index (χ1) is 15.7. The first-order valence-electron chi connectivity index (χ1n) is 10.2. The number of halogens is 3. The van der Waals surface area contributed by atoms with Crippen molar-refractivity contribution in [3.63, 3.8) is 0 Å². The fourth-order valence-electron chi connectivity index (χ4n) is 3.03. The van der Waals surface area contributed by atoms with Gasteiger partial charge in [0, 0.05) is 23.9 Å². The Morgan fingerprint density at radius 2 is 1.94 bits per heavy atom. The highest BCUT2D eigenvalue weighted by Crippen LogP contribution is 2.41. The molecule has 0 bridgehead atoms. The maximum absolute atomic E-state index is 13.9. The number of phosphoric ester groups is 1. The van der Waals surface area contributed by atoms with Gasteiger partial charge in [-0.2, -0.15) is 18.3 Å². The monoisotopic (exact) mass is 519 g/mol. The molecule has 0 saturated heterocycles. The van der Waals surface area contributed by atoms with E-state index in [4.69, 9.17) is 15.5 Å². The number of alkyl halides is 3. The van der Waals surface area contributed by atoms with E-state index in [1.807, 2.05) is 0 Å². The van der Waals surface area contributed by atoms with Crippen LogP contribution in [0.5, 0.6) is 0 Å². The molecule has 0 aliphatic carbocycles. The highest BCUT2D eigenvalue weighted by molar-refractivity contribution is 7.46. The van der Waals surface area contributed by atoms with Crippen molar-refractivity contribution in [2.75, 3.05) is 6.61 Å². The Hall–Kier alpha value is -2.15. The van der Waals surface area contributed by atoms with Gasteiger partial charge in [0.25, 0.3) is 0 Å². The van der Waals surface area contributed by atoms with Crippen LogP contribution in [0, 0.1) is 5.92 Å². The van der Waals surface area contributed by atoms with Crippen molar-refractivity contribution in [1.29, 1.82) is 0 Å². The molecule has 0 spiro atoms. The van der Waals surface area contributed by atoms with Gasteiger partial charge >= 0.3 is 14.0 Å². The number of phosphoric acid groups is 1. The van der Waals surface area contributed by atoms with Gasteiger partial charge in [-0.3, -0.25) is 9.21 Å². The first kappa shape index (κ1) is 26.5. The summed E-state index contributed by atoms with van der Waals surface area (Å²) in [6, 6.07) is 3.85. The predicted octanol–water partition coefficient (Wildman–Crippen LogP) is 4.42. The molecule has 2 heterocycles. The van der Waals surface area contributed by atoms with Crippen molar-refractivity contribution in [3.8, 4) is 21.7 Å². The summed E-state index contributed by atoms with van der Waals surface area (Å²) in [5, 5.41) is 12.3. The molecule has 1 atom stereocenters. The second-order valence-electron chi connectivity index (χ2n) is 8.53. The number of aromatic nitrogens is 4. The van der Waals surface area contributed by atoms with Gasteiger partial charge in [-0.15, -0.1) is 10.2 Å². The van der Waals surface area contributed by atoms with E-state index in [1.165, 1.54) is 25.3 Å². The van der Waals surface area contributed by atoms with E-state index < -0.39 is 31.7 Å². The molecule has 34 heavy (non-hydrogen) atoms. The molecule has 0 unspecified atom stereocenters. The molecule has 0 aliphatic rings. The van der Waals surface area contributed by atoms with Crippen molar-refractivity contribution in [1.82, 2.24) is 20.0 Å². The van der Waals surface area contributed by atoms with Gasteiger partial charge in [-0.1, -0.05) is 37.3 Å². The fourth-order valence-corrected chi connectivity index (χ4v) is 4.35. The summed E-state index contributed by atoms with van der Waals surface area (Å²) in [6.07, 6.45) is -0.769. The van der Waals surface area contributed by atoms with Gasteiger partial charge in [0.2, 0.25) is 0 Å². The Kier molecular flexibility index (Phi) is 7.66. The van der Waals surface area contributed by atoms with Crippen molar-refractivity contribution in [3.05, 3.63) is 41.2 Å². The Labute approximate surface area is 198 Å². The third kappa shape index (κ3) is 6.71. The van der Waals surface area contributed by atoms with Crippen molar-refractivity contribution in [2.24, 2.45) is 11.7 Å². The van der Waals surface area contributed by atoms with E-state index in [0.717, 1.165) is 23.8 Å². The molecule has 2 aromatic heterocycles. The molecule has 4 N–H and O–H groups in total. The van der Waals surface area contributed by atoms with Gasteiger partial charge in [-0.25, -0.2) is 4.57 Å². The van der Waals surface area contributed by atoms with Crippen LogP contribution in [0.15, 0.2) is 30.6 Å². The van der Waals surface area contributed by atoms with Crippen LogP contribution in [0.25, 0.3) is 21.7 Å². The number of nitrogens with two attached hydrogens (primary N) is 1. The van der Waals surface area contributed by atoms with Crippen molar-refractivity contribution < 1.29 is 32.0 Å². The Morgan fingerprint density at radius 3 is 2.56 bits per heavy atom. The van der Waals surface area contributed by atoms with Crippen molar-refractivity contribution >= 4 is 19.2 Å². The average Bonchev–Trinajstić information content (AvgIpc) is 3.39. The molecular weight excluding hydrogens is 494 g/mol. The molecule has 0 aliphatic heterocycles. The molecule has 0 radical (unpaired) electrons. The van der Waals surface area contributed by atoms with Gasteiger partial charge in [-0.05, 0) is 30.9 Å². The molecule has 3 aromatic rings. The van der Waals surface area contributed by atoms with E-state index in [-0.39, 0.29) is 21.1 Å². The average molecular weight is 519 g/mol. The molecule has 186 valence electrons. The minimum absolute atomic E-state index is 0.00417. The Morgan fingerprint density at radius 1 is 1.24 bits per heavy atom. The molecule has 0 saturated carbocycles. The summed E-state index contributed by atoms with van der Waals surface area (Å²) in [5.74, 6) is 0.438. The summed E-state index contributed by atoms with van der Waals surface area (Å²) in [5.41, 5.74) is 4.31. The predicted molar refractivity (Wildman–Crippen MR) is 121 cm³/mol. The normalized spacial score (nSPS) is 14.5. The van der Waals surface area contributed by atoms with E-state index in [9.17, 15) is 17.7 Å².